The molecule has 1 aliphatic rings. The van der Waals surface area contributed by atoms with E-state index in [1.807, 2.05) is 0 Å². The fourth-order valence-electron chi connectivity index (χ4n) is 2.04. The molecule has 98 valence electrons. The van der Waals surface area contributed by atoms with Gasteiger partial charge in [-0.25, -0.2) is 0 Å². The second-order valence-electron chi connectivity index (χ2n) is 4.70. The first-order valence-electron chi connectivity index (χ1n) is 6.35. The van der Waals surface area contributed by atoms with Crippen molar-refractivity contribution >= 4 is 11.9 Å². The molecule has 0 spiro atoms. The van der Waals surface area contributed by atoms with Gasteiger partial charge in [0.1, 0.15) is 6.04 Å². The first-order chi connectivity index (χ1) is 8.09. The molecule has 5 heteroatoms. The highest BCUT2D eigenvalue weighted by molar-refractivity contribution is 5.79. The highest BCUT2D eigenvalue weighted by atomic mass is 16.4. The molecule has 1 atom stereocenters. The van der Waals surface area contributed by atoms with Crippen molar-refractivity contribution in [3.63, 3.8) is 0 Å². The maximum Gasteiger partial charge on any atom is 0.320 e. The standard InChI is InChI=1S/C12H22N2O3/c1-9(12(16)17)13-8-11(15)14-10-6-4-2-3-5-7-10/h9-10,13H,2-8H2,1H3,(H,14,15)(H,16,17)/t9-/m0/s1. The lowest BCUT2D eigenvalue weighted by atomic mass is 10.1. The quantitative estimate of drug-likeness (QED) is 0.626. The summed E-state index contributed by atoms with van der Waals surface area (Å²) in [5.74, 6) is -1.04. The SMILES string of the molecule is C[C@H](NCC(=O)NC1CCCCCC1)C(=O)O. The molecular formula is C12H22N2O3. The number of carboxylic acids is 1. The number of nitrogens with one attached hydrogen (secondary N) is 2. The number of hydrogen-bond acceptors (Lipinski definition) is 3. The van der Waals surface area contributed by atoms with Crippen molar-refractivity contribution in [1.29, 1.82) is 0 Å². The first kappa shape index (κ1) is 14.0. The van der Waals surface area contributed by atoms with E-state index in [-0.39, 0.29) is 18.5 Å². The Morgan fingerprint density at radius 3 is 2.35 bits per heavy atom. The summed E-state index contributed by atoms with van der Waals surface area (Å²) in [6, 6.07) is -0.415. The van der Waals surface area contributed by atoms with Gasteiger partial charge in [-0.2, -0.15) is 0 Å². The van der Waals surface area contributed by atoms with Gasteiger partial charge in [-0.15, -0.1) is 0 Å². The summed E-state index contributed by atoms with van der Waals surface area (Å²) >= 11 is 0. The molecule has 0 radical (unpaired) electrons. The minimum Gasteiger partial charge on any atom is -0.480 e. The van der Waals surface area contributed by atoms with Crippen molar-refractivity contribution in [3.05, 3.63) is 0 Å². The van der Waals surface area contributed by atoms with Crippen molar-refractivity contribution < 1.29 is 14.7 Å². The molecule has 0 aromatic heterocycles. The lowest BCUT2D eigenvalue weighted by molar-refractivity contribution is -0.139. The Morgan fingerprint density at radius 1 is 1.24 bits per heavy atom. The molecule has 1 aliphatic carbocycles. The van der Waals surface area contributed by atoms with Crippen LogP contribution in [0.2, 0.25) is 0 Å². The predicted molar refractivity (Wildman–Crippen MR) is 64.7 cm³/mol. The average Bonchev–Trinajstić information content (AvgIpc) is 2.54. The van der Waals surface area contributed by atoms with Gasteiger partial charge in [0.2, 0.25) is 5.91 Å². The van der Waals surface area contributed by atoms with E-state index in [1.165, 1.54) is 32.6 Å². The Kier molecular flexibility index (Phi) is 5.97. The second kappa shape index (κ2) is 7.27. The molecule has 17 heavy (non-hydrogen) atoms. The predicted octanol–water partition coefficient (Wildman–Crippen LogP) is 0.888. The van der Waals surface area contributed by atoms with Crippen LogP contribution in [-0.4, -0.2) is 35.6 Å². The molecule has 1 rings (SSSR count). The number of rotatable bonds is 5. The third kappa shape index (κ3) is 5.68. The Hall–Kier alpha value is -1.10. The highest BCUT2D eigenvalue weighted by Gasteiger charge is 2.16. The lowest BCUT2D eigenvalue weighted by Crippen LogP contribution is -2.44. The van der Waals surface area contributed by atoms with Gasteiger partial charge in [-0.3, -0.25) is 14.9 Å². The van der Waals surface area contributed by atoms with Gasteiger partial charge in [0.05, 0.1) is 6.54 Å². The largest absolute Gasteiger partial charge is 0.480 e. The summed E-state index contributed by atoms with van der Waals surface area (Å²) < 4.78 is 0. The summed E-state index contributed by atoms with van der Waals surface area (Å²) in [6.45, 7) is 1.60. The normalized spacial score (nSPS) is 19.4. The van der Waals surface area contributed by atoms with Crippen LogP contribution >= 0.6 is 0 Å². The van der Waals surface area contributed by atoms with Crippen LogP contribution in [0.5, 0.6) is 0 Å². The fraction of sp³-hybridized carbons (Fsp3) is 0.833. The topological polar surface area (TPSA) is 78.4 Å². The minimum atomic E-state index is -0.938. The molecule has 5 nitrogen and oxygen atoms in total. The van der Waals surface area contributed by atoms with Gasteiger partial charge in [-0.1, -0.05) is 25.7 Å². The van der Waals surface area contributed by atoms with Gasteiger partial charge in [0, 0.05) is 6.04 Å². The Balaban J connectivity index is 2.21. The van der Waals surface area contributed by atoms with E-state index in [9.17, 15) is 9.59 Å². The molecule has 1 fully saturated rings. The Bertz CT molecular complexity index is 260. The number of amides is 1. The zero-order valence-corrected chi connectivity index (χ0v) is 10.4. The molecule has 1 saturated carbocycles. The molecule has 1 amide bonds. The van der Waals surface area contributed by atoms with E-state index >= 15 is 0 Å². The summed E-state index contributed by atoms with van der Waals surface area (Å²) in [5, 5.41) is 14.3. The highest BCUT2D eigenvalue weighted by Crippen LogP contribution is 2.16. The maximum absolute atomic E-state index is 11.6. The van der Waals surface area contributed by atoms with Gasteiger partial charge >= 0.3 is 5.97 Å². The Morgan fingerprint density at radius 2 is 1.82 bits per heavy atom. The summed E-state index contributed by atoms with van der Waals surface area (Å²) in [4.78, 5) is 22.1. The molecule has 0 heterocycles. The van der Waals surface area contributed by atoms with Crippen LogP contribution in [0.4, 0.5) is 0 Å². The number of carbonyl (C=O) groups excluding carboxylic acids is 1. The van der Waals surface area contributed by atoms with Gasteiger partial charge in [0.25, 0.3) is 0 Å². The van der Waals surface area contributed by atoms with E-state index in [0.29, 0.717) is 0 Å². The second-order valence-corrected chi connectivity index (χ2v) is 4.70. The van der Waals surface area contributed by atoms with E-state index < -0.39 is 12.0 Å². The fourth-order valence-corrected chi connectivity index (χ4v) is 2.04. The average molecular weight is 242 g/mol. The number of carboxylic acid groups (broad SMARTS) is 1. The van der Waals surface area contributed by atoms with Crippen molar-refractivity contribution in [2.24, 2.45) is 0 Å². The monoisotopic (exact) mass is 242 g/mol. The van der Waals surface area contributed by atoms with Crippen LogP contribution < -0.4 is 10.6 Å². The zero-order chi connectivity index (χ0) is 12.7. The third-order valence-corrected chi connectivity index (χ3v) is 3.16. The minimum absolute atomic E-state index is 0.0734. The Labute approximate surface area is 102 Å². The van der Waals surface area contributed by atoms with Crippen molar-refractivity contribution in [2.45, 2.75) is 57.5 Å². The maximum atomic E-state index is 11.6. The van der Waals surface area contributed by atoms with Crippen LogP contribution in [0.15, 0.2) is 0 Å². The van der Waals surface area contributed by atoms with Crippen molar-refractivity contribution in [1.82, 2.24) is 10.6 Å². The number of hydrogen-bond donors (Lipinski definition) is 3. The summed E-state index contributed by atoms with van der Waals surface area (Å²) in [7, 11) is 0. The van der Waals surface area contributed by atoms with Crippen LogP contribution in [-0.2, 0) is 9.59 Å². The van der Waals surface area contributed by atoms with Crippen LogP contribution in [0.1, 0.15) is 45.4 Å². The molecular weight excluding hydrogens is 220 g/mol. The van der Waals surface area contributed by atoms with Crippen LogP contribution in [0.25, 0.3) is 0 Å². The molecule has 3 N–H and O–H groups in total. The van der Waals surface area contributed by atoms with Gasteiger partial charge in [0.15, 0.2) is 0 Å². The molecule has 0 bridgehead atoms. The third-order valence-electron chi connectivity index (χ3n) is 3.16. The van der Waals surface area contributed by atoms with E-state index in [2.05, 4.69) is 10.6 Å². The lowest BCUT2D eigenvalue weighted by Gasteiger charge is -2.17. The number of carbonyl (C=O) groups is 2. The van der Waals surface area contributed by atoms with Crippen LogP contribution in [0, 0.1) is 0 Å². The summed E-state index contributed by atoms with van der Waals surface area (Å²) in [6.07, 6.45) is 6.93. The van der Waals surface area contributed by atoms with E-state index in [1.54, 1.807) is 0 Å². The van der Waals surface area contributed by atoms with Gasteiger partial charge < -0.3 is 10.4 Å². The van der Waals surface area contributed by atoms with E-state index in [0.717, 1.165) is 12.8 Å². The molecule has 0 saturated heterocycles. The van der Waals surface area contributed by atoms with E-state index in [4.69, 9.17) is 5.11 Å². The van der Waals surface area contributed by atoms with Crippen molar-refractivity contribution in [2.75, 3.05) is 6.54 Å². The molecule has 0 aromatic rings. The number of aliphatic carboxylic acids is 1. The smallest absolute Gasteiger partial charge is 0.320 e. The molecule has 0 aromatic carbocycles. The summed E-state index contributed by atoms with van der Waals surface area (Å²) in [5.41, 5.74) is 0. The molecule has 0 aliphatic heterocycles. The zero-order valence-electron chi connectivity index (χ0n) is 10.4. The van der Waals surface area contributed by atoms with Crippen LogP contribution in [0.3, 0.4) is 0 Å². The molecule has 0 unspecified atom stereocenters. The van der Waals surface area contributed by atoms with Crippen molar-refractivity contribution in [3.8, 4) is 0 Å². The van der Waals surface area contributed by atoms with Gasteiger partial charge in [-0.05, 0) is 19.8 Å². The first-order valence-corrected chi connectivity index (χ1v) is 6.35.